The van der Waals surface area contributed by atoms with Gasteiger partial charge in [0.2, 0.25) is 0 Å². The molecule has 0 N–H and O–H groups in total. The van der Waals surface area contributed by atoms with Crippen molar-refractivity contribution in [2.24, 2.45) is 5.92 Å². The highest BCUT2D eigenvalue weighted by Crippen LogP contribution is 2.16. The first kappa shape index (κ1) is 11.7. The van der Waals surface area contributed by atoms with Gasteiger partial charge in [-0.2, -0.15) is 0 Å². The second-order valence-corrected chi connectivity index (χ2v) is 4.24. The van der Waals surface area contributed by atoms with Gasteiger partial charge in [0, 0.05) is 7.11 Å². The largest absolute Gasteiger partial charge is 0.379 e. The maximum atomic E-state index is 5.65. The lowest BCUT2D eigenvalue weighted by Gasteiger charge is -2.20. The van der Waals surface area contributed by atoms with E-state index in [1.807, 2.05) is 0 Å². The van der Waals surface area contributed by atoms with E-state index in [0.717, 1.165) is 18.8 Å². The van der Waals surface area contributed by atoms with Crippen LogP contribution in [0.3, 0.4) is 0 Å². The van der Waals surface area contributed by atoms with E-state index in [-0.39, 0.29) is 12.2 Å². The topological polar surface area (TPSA) is 18.5 Å². The minimum absolute atomic E-state index is 0.220. The Labute approximate surface area is 87.3 Å². The first-order valence-electron chi connectivity index (χ1n) is 5.53. The molecule has 1 aliphatic rings. The van der Waals surface area contributed by atoms with Crippen LogP contribution in [0.5, 0.6) is 0 Å². The van der Waals surface area contributed by atoms with Crippen molar-refractivity contribution in [3.63, 3.8) is 0 Å². The molecule has 82 valence electrons. The molecular formula is C12H22O2. The molecule has 0 aromatic heterocycles. The van der Waals surface area contributed by atoms with Crippen molar-refractivity contribution in [1.29, 1.82) is 0 Å². The molecule has 0 aliphatic carbocycles. The summed E-state index contributed by atoms with van der Waals surface area (Å²) in [6, 6.07) is 0. The van der Waals surface area contributed by atoms with E-state index in [1.165, 1.54) is 6.42 Å². The predicted molar refractivity (Wildman–Crippen MR) is 58.4 cm³/mol. The number of hydrogen-bond donors (Lipinski definition) is 0. The van der Waals surface area contributed by atoms with E-state index in [4.69, 9.17) is 9.47 Å². The van der Waals surface area contributed by atoms with Crippen LogP contribution in [0.15, 0.2) is 12.2 Å². The van der Waals surface area contributed by atoms with Crippen LogP contribution in [-0.2, 0) is 9.47 Å². The van der Waals surface area contributed by atoms with Gasteiger partial charge in [0.1, 0.15) is 0 Å². The summed E-state index contributed by atoms with van der Waals surface area (Å²) >= 11 is 0. The minimum atomic E-state index is 0.220. The van der Waals surface area contributed by atoms with Crippen LogP contribution in [0, 0.1) is 5.92 Å². The van der Waals surface area contributed by atoms with Gasteiger partial charge in [0.25, 0.3) is 0 Å². The van der Waals surface area contributed by atoms with Crippen LogP contribution in [0.4, 0.5) is 0 Å². The molecule has 1 rings (SSSR count). The molecule has 0 radical (unpaired) electrons. The lowest BCUT2D eigenvalue weighted by molar-refractivity contribution is -0.0138. The number of allylic oxidation sites excluding steroid dienone is 1. The van der Waals surface area contributed by atoms with Gasteiger partial charge in [0.05, 0.1) is 18.8 Å². The van der Waals surface area contributed by atoms with E-state index in [9.17, 15) is 0 Å². The molecule has 0 spiro atoms. The van der Waals surface area contributed by atoms with Crippen molar-refractivity contribution in [3.05, 3.63) is 12.2 Å². The zero-order valence-corrected chi connectivity index (χ0v) is 9.53. The van der Waals surface area contributed by atoms with Crippen LogP contribution in [-0.4, -0.2) is 25.9 Å². The Morgan fingerprint density at radius 1 is 1.29 bits per heavy atom. The van der Waals surface area contributed by atoms with Crippen LogP contribution in [0.25, 0.3) is 0 Å². The molecule has 0 amide bonds. The third-order valence-electron chi connectivity index (χ3n) is 2.81. The maximum Gasteiger partial charge on any atom is 0.0805 e. The number of ether oxygens (including phenoxy) is 2. The molecular weight excluding hydrogens is 176 g/mol. The fourth-order valence-corrected chi connectivity index (χ4v) is 1.67. The van der Waals surface area contributed by atoms with Crippen molar-refractivity contribution >= 4 is 0 Å². The molecule has 0 saturated carbocycles. The summed E-state index contributed by atoms with van der Waals surface area (Å²) in [5.41, 5.74) is 0. The van der Waals surface area contributed by atoms with Gasteiger partial charge in [0.15, 0.2) is 0 Å². The van der Waals surface area contributed by atoms with E-state index in [2.05, 4.69) is 26.0 Å². The normalized spacial score (nSPS) is 35.5. The van der Waals surface area contributed by atoms with Gasteiger partial charge in [-0.3, -0.25) is 0 Å². The van der Waals surface area contributed by atoms with E-state index in [0.29, 0.717) is 6.61 Å². The molecule has 3 unspecified atom stereocenters. The Kier molecular flexibility index (Phi) is 5.20. The highest BCUT2D eigenvalue weighted by molar-refractivity contribution is 4.89. The lowest BCUT2D eigenvalue weighted by atomic mass is 9.99. The van der Waals surface area contributed by atoms with Crippen molar-refractivity contribution in [2.75, 3.05) is 13.7 Å². The summed E-state index contributed by atoms with van der Waals surface area (Å²) in [5, 5.41) is 0. The van der Waals surface area contributed by atoms with E-state index in [1.54, 1.807) is 7.11 Å². The van der Waals surface area contributed by atoms with E-state index >= 15 is 0 Å². The number of hydrogen-bond acceptors (Lipinski definition) is 2. The number of methoxy groups -OCH3 is 1. The van der Waals surface area contributed by atoms with Crippen molar-refractivity contribution in [1.82, 2.24) is 0 Å². The zero-order chi connectivity index (χ0) is 10.4. The molecule has 14 heavy (non-hydrogen) atoms. The molecule has 0 aromatic rings. The third kappa shape index (κ3) is 4.25. The highest BCUT2D eigenvalue weighted by Gasteiger charge is 2.12. The standard InChI is InChI=1S/C12H22O2/c1-10-5-4-6-11(2)14-9-12(13-3)8-7-10/h4,6,10-12H,5,7-9H2,1-3H3. The Morgan fingerprint density at radius 3 is 2.79 bits per heavy atom. The van der Waals surface area contributed by atoms with Crippen molar-refractivity contribution in [3.8, 4) is 0 Å². The summed E-state index contributed by atoms with van der Waals surface area (Å²) in [6.45, 7) is 5.09. The second kappa shape index (κ2) is 6.20. The molecule has 1 heterocycles. The molecule has 1 aliphatic heterocycles. The third-order valence-corrected chi connectivity index (χ3v) is 2.81. The minimum Gasteiger partial charge on any atom is -0.379 e. The molecule has 0 aromatic carbocycles. The van der Waals surface area contributed by atoms with Gasteiger partial charge in [-0.1, -0.05) is 19.1 Å². The summed E-state index contributed by atoms with van der Waals surface area (Å²) in [6.07, 6.45) is 8.37. The predicted octanol–water partition coefficient (Wildman–Crippen LogP) is 2.78. The average Bonchev–Trinajstić information content (AvgIpc) is 2.18. The molecule has 0 saturated heterocycles. The fraction of sp³-hybridized carbons (Fsp3) is 0.833. The van der Waals surface area contributed by atoms with Gasteiger partial charge in [-0.15, -0.1) is 0 Å². The first-order valence-corrected chi connectivity index (χ1v) is 5.53. The summed E-state index contributed by atoms with van der Waals surface area (Å²) in [5.74, 6) is 0.759. The smallest absolute Gasteiger partial charge is 0.0805 e. The highest BCUT2D eigenvalue weighted by atomic mass is 16.5. The van der Waals surface area contributed by atoms with Crippen molar-refractivity contribution in [2.45, 2.75) is 45.3 Å². The van der Waals surface area contributed by atoms with Crippen molar-refractivity contribution < 1.29 is 9.47 Å². The Morgan fingerprint density at radius 2 is 2.07 bits per heavy atom. The second-order valence-electron chi connectivity index (χ2n) is 4.24. The molecule has 2 nitrogen and oxygen atoms in total. The van der Waals surface area contributed by atoms with Crippen LogP contribution >= 0.6 is 0 Å². The van der Waals surface area contributed by atoms with Crippen LogP contribution < -0.4 is 0 Å². The summed E-state index contributed by atoms with van der Waals surface area (Å²) in [7, 11) is 1.77. The van der Waals surface area contributed by atoms with Gasteiger partial charge in [-0.25, -0.2) is 0 Å². The Bertz CT molecular complexity index is 177. The van der Waals surface area contributed by atoms with E-state index < -0.39 is 0 Å². The quantitative estimate of drug-likeness (QED) is 0.603. The Hall–Kier alpha value is -0.340. The van der Waals surface area contributed by atoms with Crippen LogP contribution in [0.2, 0.25) is 0 Å². The molecule has 0 fully saturated rings. The van der Waals surface area contributed by atoms with Crippen LogP contribution in [0.1, 0.15) is 33.1 Å². The zero-order valence-electron chi connectivity index (χ0n) is 9.53. The monoisotopic (exact) mass is 198 g/mol. The van der Waals surface area contributed by atoms with Gasteiger partial charge < -0.3 is 9.47 Å². The molecule has 0 bridgehead atoms. The molecule has 3 atom stereocenters. The summed E-state index contributed by atoms with van der Waals surface area (Å²) in [4.78, 5) is 0. The Balaban J connectivity index is 2.48. The average molecular weight is 198 g/mol. The first-order chi connectivity index (χ1) is 6.72. The van der Waals surface area contributed by atoms with Gasteiger partial charge in [-0.05, 0) is 32.1 Å². The fourth-order valence-electron chi connectivity index (χ4n) is 1.67. The lowest BCUT2D eigenvalue weighted by Crippen LogP contribution is -2.22. The maximum absolute atomic E-state index is 5.65. The summed E-state index contributed by atoms with van der Waals surface area (Å²) < 4.78 is 11.0. The van der Waals surface area contributed by atoms with Gasteiger partial charge >= 0.3 is 0 Å². The molecule has 2 heteroatoms. The SMILES string of the molecule is COC1CCC(C)CC=CC(C)OC1. The number of rotatable bonds is 1.